The third-order valence-corrected chi connectivity index (χ3v) is 3.18. The van der Waals surface area contributed by atoms with E-state index in [1.54, 1.807) is 6.20 Å². The molecular formula is C14H18N4O2. The minimum absolute atomic E-state index is 0.572. The molecule has 1 aromatic carbocycles. The third kappa shape index (κ3) is 2.79. The zero-order valence-electron chi connectivity index (χ0n) is 11.2. The van der Waals surface area contributed by atoms with Crippen molar-refractivity contribution in [2.75, 3.05) is 30.8 Å². The summed E-state index contributed by atoms with van der Waals surface area (Å²) < 4.78 is 11.0. The monoisotopic (exact) mass is 274 g/mol. The Morgan fingerprint density at radius 3 is 2.80 bits per heavy atom. The fourth-order valence-electron chi connectivity index (χ4n) is 2.17. The smallest absolute Gasteiger partial charge is 0.163 e. The molecule has 3 rings (SSSR count). The highest BCUT2D eigenvalue weighted by Gasteiger charge is 2.14. The topological polar surface area (TPSA) is 85.2 Å². The maximum atomic E-state index is 6.00. The van der Waals surface area contributed by atoms with E-state index < -0.39 is 0 Å². The van der Waals surface area contributed by atoms with Crippen molar-refractivity contribution in [3.63, 3.8) is 0 Å². The van der Waals surface area contributed by atoms with Gasteiger partial charge in [-0.25, -0.2) is 4.98 Å². The molecule has 0 bridgehead atoms. The fraction of sp³-hybridized carbons (Fsp3) is 0.357. The van der Waals surface area contributed by atoms with Crippen LogP contribution in [0.2, 0.25) is 0 Å². The Kier molecular flexibility index (Phi) is 3.62. The van der Waals surface area contributed by atoms with Gasteiger partial charge < -0.3 is 25.5 Å². The van der Waals surface area contributed by atoms with E-state index in [0.717, 1.165) is 42.4 Å². The Morgan fingerprint density at radius 1 is 1.25 bits per heavy atom. The van der Waals surface area contributed by atoms with Gasteiger partial charge in [-0.05, 0) is 6.42 Å². The lowest BCUT2D eigenvalue weighted by molar-refractivity contribution is 0.172. The van der Waals surface area contributed by atoms with E-state index in [2.05, 4.69) is 15.3 Å². The molecule has 0 amide bonds. The van der Waals surface area contributed by atoms with Crippen LogP contribution in [0.25, 0.3) is 0 Å². The molecule has 2 aromatic rings. The number of H-pyrrole nitrogens is 1. The number of fused-ring (bicyclic) bond motifs is 1. The zero-order chi connectivity index (χ0) is 13.8. The molecule has 6 nitrogen and oxygen atoms in total. The van der Waals surface area contributed by atoms with E-state index in [1.165, 1.54) is 0 Å². The highest BCUT2D eigenvalue weighted by Crippen LogP contribution is 2.36. The summed E-state index contributed by atoms with van der Waals surface area (Å²) in [7, 11) is 0. The van der Waals surface area contributed by atoms with Gasteiger partial charge in [0, 0.05) is 37.5 Å². The van der Waals surface area contributed by atoms with E-state index in [1.807, 2.05) is 18.3 Å². The summed E-state index contributed by atoms with van der Waals surface area (Å²) in [6, 6.07) is 3.71. The van der Waals surface area contributed by atoms with Crippen LogP contribution in [0.15, 0.2) is 24.5 Å². The van der Waals surface area contributed by atoms with Crippen molar-refractivity contribution in [1.82, 2.24) is 9.97 Å². The molecule has 0 unspecified atom stereocenters. The lowest BCUT2D eigenvalue weighted by atomic mass is 10.2. The predicted molar refractivity (Wildman–Crippen MR) is 77.2 cm³/mol. The van der Waals surface area contributed by atoms with Gasteiger partial charge in [0.1, 0.15) is 19.0 Å². The summed E-state index contributed by atoms with van der Waals surface area (Å²) in [4.78, 5) is 7.28. The second kappa shape index (κ2) is 5.73. The van der Waals surface area contributed by atoms with Crippen LogP contribution in [0.3, 0.4) is 0 Å². The van der Waals surface area contributed by atoms with Crippen molar-refractivity contribution in [1.29, 1.82) is 0 Å². The average Bonchev–Trinajstić information content (AvgIpc) is 2.97. The van der Waals surface area contributed by atoms with Crippen molar-refractivity contribution in [2.24, 2.45) is 0 Å². The lowest BCUT2D eigenvalue weighted by Gasteiger charge is -2.20. The number of hydrogen-bond acceptors (Lipinski definition) is 5. The molecular weight excluding hydrogens is 256 g/mol. The Morgan fingerprint density at radius 2 is 2.05 bits per heavy atom. The van der Waals surface area contributed by atoms with Gasteiger partial charge in [0.05, 0.1) is 11.4 Å². The second-order valence-corrected chi connectivity index (χ2v) is 4.65. The first kappa shape index (κ1) is 12.7. The minimum atomic E-state index is 0.572. The van der Waals surface area contributed by atoms with E-state index in [4.69, 9.17) is 15.2 Å². The summed E-state index contributed by atoms with van der Waals surface area (Å²) >= 11 is 0. The van der Waals surface area contributed by atoms with Crippen LogP contribution in [-0.2, 0) is 6.42 Å². The van der Waals surface area contributed by atoms with Gasteiger partial charge >= 0.3 is 0 Å². The molecule has 106 valence electrons. The van der Waals surface area contributed by atoms with E-state index in [-0.39, 0.29) is 0 Å². The molecule has 0 atom stereocenters. The number of nitrogens with zero attached hydrogens (tertiary/aromatic N) is 1. The number of aromatic amines is 1. The molecule has 0 aliphatic carbocycles. The van der Waals surface area contributed by atoms with Gasteiger partial charge in [-0.1, -0.05) is 0 Å². The highest BCUT2D eigenvalue weighted by molar-refractivity contribution is 5.72. The SMILES string of the molecule is Nc1cc2c(cc1NCCCc1ncc[nH]1)OCCO2. The largest absolute Gasteiger partial charge is 0.486 e. The Balaban J connectivity index is 1.57. The van der Waals surface area contributed by atoms with Crippen molar-refractivity contribution < 1.29 is 9.47 Å². The Labute approximate surface area is 117 Å². The molecule has 0 spiro atoms. The molecule has 0 fully saturated rings. The number of imidazole rings is 1. The van der Waals surface area contributed by atoms with Gasteiger partial charge in [-0.3, -0.25) is 0 Å². The molecule has 0 radical (unpaired) electrons. The van der Waals surface area contributed by atoms with Crippen LogP contribution < -0.4 is 20.5 Å². The van der Waals surface area contributed by atoms with Crippen LogP contribution in [0.1, 0.15) is 12.2 Å². The first-order valence-corrected chi connectivity index (χ1v) is 6.74. The van der Waals surface area contributed by atoms with Gasteiger partial charge in [0.25, 0.3) is 0 Å². The number of benzene rings is 1. The third-order valence-electron chi connectivity index (χ3n) is 3.18. The van der Waals surface area contributed by atoms with E-state index in [9.17, 15) is 0 Å². The number of ether oxygens (including phenoxy) is 2. The first-order chi connectivity index (χ1) is 9.83. The van der Waals surface area contributed by atoms with Gasteiger partial charge in [-0.15, -0.1) is 0 Å². The summed E-state index contributed by atoms with van der Waals surface area (Å²) in [5.74, 6) is 2.47. The van der Waals surface area contributed by atoms with Crippen LogP contribution >= 0.6 is 0 Å². The van der Waals surface area contributed by atoms with Gasteiger partial charge in [0.2, 0.25) is 0 Å². The van der Waals surface area contributed by atoms with Crippen LogP contribution in [0.4, 0.5) is 11.4 Å². The maximum absolute atomic E-state index is 6.00. The average molecular weight is 274 g/mol. The fourth-order valence-corrected chi connectivity index (χ4v) is 2.17. The molecule has 6 heteroatoms. The summed E-state index contributed by atoms with van der Waals surface area (Å²) in [6.07, 6.45) is 5.48. The van der Waals surface area contributed by atoms with Crippen molar-refractivity contribution >= 4 is 11.4 Å². The Hall–Kier alpha value is -2.37. The quantitative estimate of drug-likeness (QED) is 0.572. The van der Waals surface area contributed by atoms with Crippen molar-refractivity contribution in [2.45, 2.75) is 12.8 Å². The lowest BCUT2D eigenvalue weighted by Crippen LogP contribution is -2.16. The maximum Gasteiger partial charge on any atom is 0.163 e. The number of nitrogens with one attached hydrogen (secondary N) is 2. The standard InChI is InChI=1S/C14H18N4O2/c15-10-8-12-13(20-7-6-19-12)9-11(10)16-3-1-2-14-17-4-5-18-14/h4-5,8-9,16H,1-3,6-7,15H2,(H,17,18). The summed E-state index contributed by atoms with van der Waals surface area (Å²) in [5, 5.41) is 3.32. The number of nitrogen functional groups attached to an aromatic ring is 1. The van der Waals surface area contributed by atoms with Crippen LogP contribution in [-0.4, -0.2) is 29.7 Å². The number of anilines is 2. The molecule has 0 saturated carbocycles. The van der Waals surface area contributed by atoms with Gasteiger partial charge in [0.15, 0.2) is 11.5 Å². The summed E-state index contributed by atoms with van der Waals surface area (Å²) in [5.41, 5.74) is 7.56. The van der Waals surface area contributed by atoms with E-state index in [0.29, 0.717) is 18.9 Å². The molecule has 1 aliphatic heterocycles. The summed E-state index contributed by atoms with van der Waals surface area (Å²) in [6.45, 7) is 1.97. The van der Waals surface area contributed by atoms with Crippen LogP contribution in [0.5, 0.6) is 11.5 Å². The second-order valence-electron chi connectivity index (χ2n) is 4.65. The number of aromatic nitrogens is 2. The van der Waals surface area contributed by atoms with Crippen molar-refractivity contribution in [3.8, 4) is 11.5 Å². The molecule has 2 heterocycles. The molecule has 20 heavy (non-hydrogen) atoms. The number of rotatable bonds is 5. The Bertz CT molecular complexity index is 569. The number of nitrogens with two attached hydrogens (primary N) is 1. The van der Waals surface area contributed by atoms with Crippen molar-refractivity contribution in [3.05, 3.63) is 30.4 Å². The highest BCUT2D eigenvalue weighted by atomic mass is 16.6. The van der Waals surface area contributed by atoms with Gasteiger partial charge in [-0.2, -0.15) is 0 Å². The van der Waals surface area contributed by atoms with E-state index >= 15 is 0 Å². The normalized spacial score (nSPS) is 13.2. The zero-order valence-corrected chi connectivity index (χ0v) is 11.2. The molecule has 1 aliphatic rings. The predicted octanol–water partition coefficient (Wildman–Crippen LogP) is 1.81. The molecule has 4 N–H and O–H groups in total. The molecule has 0 saturated heterocycles. The number of aryl methyl sites for hydroxylation is 1. The minimum Gasteiger partial charge on any atom is -0.486 e. The first-order valence-electron chi connectivity index (χ1n) is 6.74. The van der Waals surface area contributed by atoms with Crippen LogP contribution in [0, 0.1) is 0 Å². The number of hydrogen-bond donors (Lipinski definition) is 3. The molecule has 1 aromatic heterocycles.